The van der Waals surface area contributed by atoms with Gasteiger partial charge in [-0.3, -0.25) is 10.1 Å². The molecule has 0 aliphatic heterocycles. The Hall–Kier alpha value is -1.84. The first-order chi connectivity index (χ1) is 9.67. The van der Waals surface area contributed by atoms with Crippen LogP contribution in [0, 0.1) is 6.92 Å². The van der Waals surface area contributed by atoms with Crippen molar-refractivity contribution in [3.05, 3.63) is 35.4 Å². The number of nitrogens with one attached hydrogen (secondary N) is 1. The number of unbranched alkanes of at least 4 members (excludes halogenated alkanes) is 1. The van der Waals surface area contributed by atoms with Crippen molar-refractivity contribution in [3.63, 3.8) is 0 Å². The van der Waals surface area contributed by atoms with E-state index in [1.54, 1.807) is 6.07 Å². The topological polar surface area (TPSA) is 50.7 Å². The van der Waals surface area contributed by atoms with Crippen LogP contribution in [-0.4, -0.2) is 25.1 Å². The fraction of sp³-hybridized carbons (Fsp3) is 0.500. The molecular formula is C16H24N2O2. The van der Waals surface area contributed by atoms with Crippen molar-refractivity contribution in [2.24, 2.45) is 4.99 Å². The summed E-state index contributed by atoms with van der Waals surface area (Å²) < 4.78 is 5.48. The molecule has 1 rings (SSSR count). The van der Waals surface area contributed by atoms with Crippen molar-refractivity contribution < 1.29 is 9.53 Å². The molecule has 1 amide bonds. The van der Waals surface area contributed by atoms with E-state index in [1.807, 2.05) is 32.0 Å². The molecule has 20 heavy (non-hydrogen) atoms. The second kappa shape index (κ2) is 9.13. The van der Waals surface area contributed by atoms with E-state index in [4.69, 9.17) is 4.74 Å². The van der Waals surface area contributed by atoms with Gasteiger partial charge in [-0.25, -0.2) is 4.99 Å². The number of aryl methyl sites for hydroxylation is 1. The van der Waals surface area contributed by atoms with Crippen LogP contribution in [0.4, 0.5) is 0 Å². The van der Waals surface area contributed by atoms with Gasteiger partial charge in [0.1, 0.15) is 0 Å². The zero-order valence-corrected chi connectivity index (χ0v) is 12.6. The Balaban J connectivity index is 2.67. The zero-order chi connectivity index (χ0) is 14.8. The van der Waals surface area contributed by atoms with Crippen LogP contribution in [0.1, 0.15) is 49.0 Å². The lowest BCUT2D eigenvalue weighted by Crippen LogP contribution is -2.33. The summed E-state index contributed by atoms with van der Waals surface area (Å²) in [5, 5.41) is 2.74. The van der Waals surface area contributed by atoms with Crippen LogP contribution in [0.15, 0.2) is 29.3 Å². The SMILES string of the molecule is CCCCN=C(NC(=O)c1cccc(C)c1)OCCC. The van der Waals surface area contributed by atoms with Crippen LogP contribution in [0.2, 0.25) is 0 Å². The Bertz CT molecular complexity index is 456. The lowest BCUT2D eigenvalue weighted by atomic mass is 10.1. The maximum absolute atomic E-state index is 12.1. The van der Waals surface area contributed by atoms with Gasteiger partial charge >= 0.3 is 0 Å². The van der Waals surface area contributed by atoms with Gasteiger partial charge in [0.2, 0.25) is 0 Å². The van der Waals surface area contributed by atoms with Crippen LogP contribution < -0.4 is 5.32 Å². The molecule has 0 aliphatic carbocycles. The van der Waals surface area contributed by atoms with Gasteiger partial charge in [0, 0.05) is 12.1 Å². The summed E-state index contributed by atoms with van der Waals surface area (Å²) in [7, 11) is 0. The summed E-state index contributed by atoms with van der Waals surface area (Å²) >= 11 is 0. The van der Waals surface area contributed by atoms with E-state index >= 15 is 0 Å². The monoisotopic (exact) mass is 276 g/mol. The number of nitrogens with zero attached hydrogens (tertiary/aromatic N) is 1. The average molecular weight is 276 g/mol. The van der Waals surface area contributed by atoms with Crippen molar-refractivity contribution in [2.45, 2.75) is 40.0 Å². The molecule has 0 saturated heterocycles. The van der Waals surface area contributed by atoms with Gasteiger partial charge in [-0.2, -0.15) is 0 Å². The largest absolute Gasteiger partial charge is 0.465 e. The molecule has 4 heteroatoms. The van der Waals surface area contributed by atoms with Crippen LogP contribution >= 0.6 is 0 Å². The number of rotatable bonds is 6. The fourth-order valence-electron chi connectivity index (χ4n) is 1.61. The first kappa shape index (κ1) is 16.2. The molecule has 0 heterocycles. The lowest BCUT2D eigenvalue weighted by molar-refractivity contribution is 0.0965. The number of hydrogen-bond acceptors (Lipinski definition) is 3. The molecule has 0 saturated carbocycles. The van der Waals surface area contributed by atoms with Crippen molar-refractivity contribution in [1.29, 1.82) is 0 Å². The maximum Gasteiger partial charge on any atom is 0.291 e. The van der Waals surface area contributed by atoms with Crippen LogP contribution in [0.25, 0.3) is 0 Å². The molecule has 0 atom stereocenters. The summed E-state index contributed by atoms with van der Waals surface area (Å²) in [5.41, 5.74) is 1.67. The van der Waals surface area contributed by atoms with Gasteiger partial charge in [-0.1, -0.05) is 38.0 Å². The predicted molar refractivity (Wildman–Crippen MR) is 82.1 cm³/mol. The highest BCUT2D eigenvalue weighted by molar-refractivity contribution is 6.04. The minimum Gasteiger partial charge on any atom is -0.465 e. The number of carbonyl (C=O) groups excluding carboxylic acids is 1. The van der Waals surface area contributed by atoms with Crippen molar-refractivity contribution >= 4 is 11.9 Å². The number of hydrogen-bond donors (Lipinski definition) is 1. The molecule has 110 valence electrons. The Kier molecular flexibility index (Phi) is 7.40. The van der Waals surface area contributed by atoms with E-state index in [9.17, 15) is 4.79 Å². The highest BCUT2D eigenvalue weighted by Crippen LogP contribution is 2.03. The summed E-state index contributed by atoms with van der Waals surface area (Å²) in [4.78, 5) is 16.4. The number of carbonyl (C=O) groups is 1. The van der Waals surface area contributed by atoms with Crippen molar-refractivity contribution in [3.8, 4) is 0 Å². The number of benzene rings is 1. The Labute approximate surface area is 121 Å². The molecule has 0 spiro atoms. The van der Waals surface area contributed by atoms with Gasteiger partial charge in [0.05, 0.1) is 6.61 Å². The van der Waals surface area contributed by atoms with Crippen LogP contribution in [-0.2, 0) is 4.74 Å². The maximum atomic E-state index is 12.1. The molecule has 0 fully saturated rings. The van der Waals surface area contributed by atoms with Crippen molar-refractivity contribution in [1.82, 2.24) is 5.32 Å². The number of amides is 1. The van der Waals surface area contributed by atoms with E-state index in [2.05, 4.69) is 17.2 Å². The van der Waals surface area contributed by atoms with Gasteiger partial charge in [-0.05, 0) is 31.9 Å². The molecular weight excluding hydrogens is 252 g/mol. The second-order valence-corrected chi connectivity index (χ2v) is 4.71. The van der Waals surface area contributed by atoms with E-state index < -0.39 is 0 Å². The summed E-state index contributed by atoms with van der Waals surface area (Å²) in [6.45, 7) is 7.31. The number of ether oxygens (including phenoxy) is 1. The fourth-order valence-corrected chi connectivity index (χ4v) is 1.61. The van der Waals surface area contributed by atoms with Gasteiger partial charge < -0.3 is 4.74 Å². The minimum absolute atomic E-state index is 0.181. The van der Waals surface area contributed by atoms with E-state index in [-0.39, 0.29) is 5.91 Å². The molecule has 0 aromatic heterocycles. The average Bonchev–Trinajstić information content (AvgIpc) is 2.44. The number of amidine groups is 1. The van der Waals surface area contributed by atoms with Gasteiger partial charge in [0.25, 0.3) is 11.9 Å². The standard InChI is InChI=1S/C16H24N2O2/c1-4-6-10-17-16(20-11-5-2)18-15(19)14-9-7-8-13(3)12-14/h7-9,12H,4-6,10-11H2,1-3H3,(H,17,18,19). The predicted octanol–water partition coefficient (Wildman–Crippen LogP) is 3.31. The molecule has 0 bridgehead atoms. The molecule has 0 radical (unpaired) electrons. The van der Waals surface area contributed by atoms with Crippen molar-refractivity contribution in [2.75, 3.05) is 13.2 Å². The number of aliphatic imine (C=N–C) groups is 1. The third kappa shape index (κ3) is 5.87. The van der Waals surface area contributed by atoms with Gasteiger partial charge in [0.15, 0.2) is 0 Å². The molecule has 1 aromatic carbocycles. The first-order valence-corrected chi connectivity index (χ1v) is 7.22. The zero-order valence-electron chi connectivity index (χ0n) is 12.6. The molecule has 1 aromatic rings. The summed E-state index contributed by atoms with van der Waals surface area (Å²) in [5.74, 6) is -0.181. The smallest absolute Gasteiger partial charge is 0.291 e. The van der Waals surface area contributed by atoms with E-state index in [0.717, 1.165) is 24.8 Å². The quantitative estimate of drug-likeness (QED) is 0.492. The lowest BCUT2D eigenvalue weighted by Gasteiger charge is -2.10. The second-order valence-electron chi connectivity index (χ2n) is 4.71. The Morgan fingerprint density at radius 3 is 2.75 bits per heavy atom. The summed E-state index contributed by atoms with van der Waals surface area (Å²) in [6, 6.07) is 7.78. The molecule has 0 unspecified atom stereocenters. The van der Waals surface area contributed by atoms with Gasteiger partial charge in [-0.15, -0.1) is 0 Å². The van der Waals surface area contributed by atoms with Crippen LogP contribution in [0.3, 0.4) is 0 Å². The molecule has 0 aliphatic rings. The van der Waals surface area contributed by atoms with E-state index in [1.165, 1.54) is 0 Å². The molecule has 1 N–H and O–H groups in total. The minimum atomic E-state index is -0.181. The molecule has 4 nitrogen and oxygen atoms in total. The Morgan fingerprint density at radius 1 is 1.30 bits per heavy atom. The third-order valence-corrected chi connectivity index (χ3v) is 2.71. The van der Waals surface area contributed by atoms with E-state index in [0.29, 0.717) is 24.7 Å². The highest BCUT2D eigenvalue weighted by atomic mass is 16.5. The summed E-state index contributed by atoms with van der Waals surface area (Å²) in [6.07, 6.45) is 2.93. The highest BCUT2D eigenvalue weighted by Gasteiger charge is 2.09. The Morgan fingerprint density at radius 2 is 2.10 bits per heavy atom. The first-order valence-electron chi connectivity index (χ1n) is 7.22. The van der Waals surface area contributed by atoms with Crippen LogP contribution in [0.5, 0.6) is 0 Å². The third-order valence-electron chi connectivity index (χ3n) is 2.71. The normalized spacial score (nSPS) is 11.2.